The molecule has 0 radical (unpaired) electrons. The highest BCUT2D eigenvalue weighted by Gasteiger charge is 2.45. The zero-order valence-corrected chi connectivity index (χ0v) is 15.1. The molecule has 1 fully saturated rings. The largest absolute Gasteiger partial charge is 0.507 e. The molecule has 1 saturated heterocycles. The van der Waals surface area contributed by atoms with Crippen molar-refractivity contribution >= 4 is 17.4 Å². The molecule has 0 saturated carbocycles. The number of aliphatic hydroxyl groups excluding tert-OH is 1. The number of nitrogens with zero attached hydrogens (tertiary/aromatic N) is 3. The summed E-state index contributed by atoms with van der Waals surface area (Å²) in [5, 5.41) is 10.8. The Morgan fingerprint density at radius 3 is 2.37 bits per heavy atom. The standard InChI is InChI=1S/C20H20FN3O3/c1-23(2)11-12-24-17(13-7-9-22-10-8-13)16(19(26)20(24)27)18(25)14-3-5-15(21)6-4-14/h3-10,17,25H,11-12H2,1-2H3/t17-/m1/s1. The predicted octanol–water partition coefficient (Wildman–Crippen LogP) is 2.20. The summed E-state index contributed by atoms with van der Waals surface area (Å²) >= 11 is 0. The highest BCUT2D eigenvalue weighted by atomic mass is 19.1. The number of hydrogen-bond acceptors (Lipinski definition) is 5. The number of ketones is 1. The van der Waals surface area contributed by atoms with E-state index in [1.165, 1.54) is 29.2 Å². The smallest absolute Gasteiger partial charge is 0.295 e. The number of aromatic nitrogens is 1. The monoisotopic (exact) mass is 369 g/mol. The molecule has 7 heteroatoms. The van der Waals surface area contributed by atoms with Crippen molar-refractivity contribution in [2.24, 2.45) is 0 Å². The van der Waals surface area contributed by atoms with E-state index < -0.39 is 23.5 Å². The molecule has 0 aliphatic carbocycles. The minimum absolute atomic E-state index is 0.00318. The number of aliphatic hydroxyl groups is 1. The Morgan fingerprint density at radius 1 is 1.15 bits per heavy atom. The summed E-state index contributed by atoms with van der Waals surface area (Å²) < 4.78 is 13.2. The van der Waals surface area contributed by atoms with Crippen molar-refractivity contribution in [1.29, 1.82) is 0 Å². The first kappa shape index (κ1) is 18.7. The van der Waals surface area contributed by atoms with Crippen molar-refractivity contribution in [1.82, 2.24) is 14.8 Å². The number of rotatable bonds is 5. The van der Waals surface area contributed by atoms with Gasteiger partial charge in [-0.05, 0) is 56.1 Å². The van der Waals surface area contributed by atoms with E-state index in [0.717, 1.165) is 0 Å². The fourth-order valence-electron chi connectivity index (χ4n) is 3.07. The Bertz CT molecular complexity index is 879. The van der Waals surface area contributed by atoms with Crippen molar-refractivity contribution in [3.05, 3.63) is 71.3 Å². The molecular formula is C20H20FN3O3. The van der Waals surface area contributed by atoms with Crippen LogP contribution in [0.1, 0.15) is 17.2 Å². The maximum absolute atomic E-state index is 13.2. The third-order valence-electron chi connectivity index (χ3n) is 4.47. The lowest BCUT2D eigenvalue weighted by Crippen LogP contribution is -2.35. The van der Waals surface area contributed by atoms with Crippen molar-refractivity contribution in [3.63, 3.8) is 0 Å². The van der Waals surface area contributed by atoms with Gasteiger partial charge in [0.15, 0.2) is 0 Å². The number of pyridine rings is 1. The van der Waals surface area contributed by atoms with E-state index in [9.17, 15) is 19.1 Å². The number of benzene rings is 1. The van der Waals surface area contributed by atoms with Crippen LogP contribution < -0.4 is 0 Å². The van der Waals surface area contributed by atoms with Gasteiger partial charge in [-0.25, -0.2) is 4.39 Å². The van der Waals surface area contributed by atoms with Crippen LogP contribution in [-0.4, -0.2) is 58.8 Å². The third-order valence-corrected chi connectivity index (χ3v) is 4.47. The van der Waals surface area contributed by atoms with Gasteiger partial charge < -0.3 is 14.9 Å². The lowest BCUT2D eigenvalue weighted by molar-refractivity contribution is -0.140. The second-order valence-corrected chi connectivity index (χ2v) is 6.58. The first-order valence-electron chi connectivity index (χ1n) is 8.49. The summed E-state index contributed by atoms with van der Waals surface area (Å²) in [4.78, 5) is 32.7. The molecule has 1 amide bonds. The van der Waals surface area contributed by atoms with E-state index in [-0.39, 0.29) is 16.9 Å². The lowest BCUT2D eigenvalue weighted by Gasteiger charge is -2.26. The quantitative estimate of drug-likeness (QED) is 0.497. The number of amides is 1. The lowest BCUT2D eigenvalue weighted by atomic mass is 9.96. The van der Waals surface area contributed by atoms with Crippen LogP contribution in [-0.2, 0) is 9.59 Å². The van der Waals surface area contributed by atoms with Crippen LogP contribution in [0.5, 0.6) is 0 Å². The number of carbonyl (C=O) groups excluding carboxylic acids is 2. The van der Waals surface area contributed by atoms with Crippen molar-refractivity contribution in [3.8, 4) is 0 Å². The topological polar surface area (TPSA) is 73.7 Å². The van der Waals surface area contributed by atoms with E-state index in [1.54, 1.807) is 24.5 Å². The van der Waals surface area contributed by atoms with Gasteiger partial charge in [0.05, 0.1) is 11.6 Å². The fraction of sp³-hybridized carbons (Fsp3) is 0.250. The van der Waals surface area contributed by atoms with Crippen LogP contribution in [0, 0.1) is 5.82 Å². The van der Waals surface area contributed by atoms with Crippen molar-refractivity contribution in [2.75, 3.05) is 27.2 Å². The minimum Gasteiger partial charge on any atom is -0.507 e. The normalized spacial score (nSPS) is 19.1. The molecule has 1 aromatic heterocycles. The molecule has 3 rings (SSSR count). The van der Waals surface area contributed by atoms with Gasteiger partial charge >= 0.3 is 0 Å². The number of halogens is 1. The van der Waals surface area contributed by atoms with Crippen LogP contribution in [0.4, 0.5) is 4.39 Å². The molecule has 6 nitrogen and oxygen atoms in total. The molecule has 27 heavy (non-hydrogen) atoms. The average molecular weight is 369 g/mol. The molecule has 0 bridgehead atoms. The van der Waals surface area contributed by atoms with Gasteiger partial charge in [0, 0.05) is 31.0 Å². The zero-order chi connectivity index (χ0) is 19.6. The highest BCUT2D eigenvalue weighted by molar-refractivity contribution is 6.46. The Kier molecular flexibility index (Phi) is 5.32. The molecular weight excluding hydrogens is 349 g/mol. The van der Waals surface area contributed by atoms with Crippen LogP contribution in [0.15, 0.2) is 54.4 Å². The maximum atomic E-state index is 13.2. The van der Waals surface area contributed by atoms with Gasteiger partial charge in [0.25, 0.3) is 11.7 Å². The average Bonchev–Trinajstić information content (AvgIpc) is 2.91. The van der Waals surface area contributed by atoms with Gasteiger partial charge in [-0.1, -0.05) is 0 Å². The van der Waals surface area contributed by atoms with Crippen LogP contribution >= 0.6 is 0 Å². The molecule has 2 heterocycles. The SMILES string of the molecule is CN(C)CCN1C(=O)C(=O)C(=C(O)c2ccc(F)cc2)[C@H]1c1ccncc1. The van der Waals surface area contributed by atoms with E-state index >= 15 is 0 Å². The summed E-state index contributed by atoms with van der Waals surface area (Å²) in [6.45, 7) is 0.885. The highest BCUT2D eigenvalue weighted by Crippen LogP contribution is 2.38. The van der Waals surface area contributed by atoms with Gasteiger partial charge in [-0.15, -0.1) is 0 Å². The zero-order valence-electron chi connectivity index (χ0n) is 15.1. The number of hydrogen-bond donors (Lipinski definition) is 1. The molecule has 1 aromatic carbocycles. The summed E-state index contributed by atoms with van der Waals surface area (Å²) in [7, 11) is 3.74. The molecule has 1 aliphatic heterocycles. The number of carbonyl (C=O) groups is 2. The summed E-state index contributed by atoms with van der Waals surface area (Å²) in [5.41, 5.74) is 0.948. The molecule has 1 aliphatic rings. The Labute approximate surface area is 156 Å². The summed E-state index contributed by atoms with van der Waals surface area (Å²) in [5.74, 6) is -2.19. The number of Topliss-reactive ketones (excluding diaryl/α,β-unsaturated/α-hetero) is 1. The van der Waals surface area contributed by atoms with Crippen LogP contribution in [0.25, 0.3) is 5.76 Å². The van der Waals surface area contributed by atoms with E-state index in [1.807, 2.05) is 19.0 Å². The summed E-state index contributed by atoms with van der Waals surface area (Å²) in [6.07, 6.45) is 3.14. The van der Waals surface area contributed by atoms with E-state index in [4.69, 9.17) is 0 Å². The minimum atomic E-state index is -0.752. The molecule has 0 unspecified atom stereocenters. The molecule has 0 spiro atoms. The van der Waals surface area contributed by atoms with Crippen molar-refractivity contribution in [2.45, 2.75) is 6.04 Å². The van der Waals surface area contributed by atoms with Gasteiger partial charge in [-0.3, -0.25) is 14.6 Å². The summed E-state index contributed by atoms with van der Waals surface area (Å²) in [6, 6.07) is 7.83. The van der Waals surface area contributed by atoms with Crippen molar-refractivity contribution < 1.29 is 19.1 Å². The third kappa shape index (κ3) is 3.73. The van der Waals surface area contributed by atoms with Gasteiger partial charge in [0.2, 0.25) is 0 Å². The molecule has 1 N–H and O–H groups in total. The van der Waals surface area contributed by atoms with E-state index in [2.05, 4.69) is 4.98 Å². The maximum Gasteiger partial charge on any atom is 0.295 e. The Morgan fingerprint density at radius 2 is 1.78 bits per heavy atom. The number of likely N-dealkylation sites (tertiary alicyclic amines) is 1. The second-order valence-electron chi connectivity index (χ2n) is 6.58. The molecule has 2 aromatic rings. The Hall–Kier alpha value is -3.06. The second kappa shape index (κ2) is 7.67. The van der Waals surface area contributed by atoms with Gasteiger partial charge in [-0.2, -0.15) is 0 Å². The van der Waals surface area contributed by atoms with Crippen LogP contribution in [0.2, 0.25) is 0 Å². The first-order chi connectivity index (χ1) is 12.9. The predicted molar refractivity (Wildman–Crippen MR) is 98.2 cm³/mol. The molecule has 140 valence electrons. The first-order valence-corrected chi connectivity index (χ1v) is 8.49. The molecule has 1 atom stereocenters. The van der Waals surface area contributed by atoms with Crippen LogP contribution in [0.3, 0.4) is 0 Å². The van der Waals surface area contributed by atoms with Gasteiger partial charge in [0.1, 0.15) is 11.6 Å². The fourth-order valence-corrected chi connectivity index (χ4v) is 3.07. The van der Waals surface area contributed by atoms with E-state index in [0.29, 0.717) is 18.7 Å². The number of likely N-dealkylation sites (N-methyl/N-ethyl adjacent to an activating group) is 1. The Balaban J connectivity index is 2.12.